The minimum atomic E-state index is 0.169. The van der Waals surface area contributed by atoms with Crippen LogP contribution in [0.25, 0.3) is 0 Å². The van der Waals surface area contributed by atoms with Crippen LogP contribution < -0.4 is 11.1 Å². The first-order valence-corrected chi connectivity index (χ1v) is 7.50. The third kappa shape index (κ3) is 3.13. The Morgan fingerprint density at radius 1 is 1.28 bits per heavy atom. The first-order valence-electron chi connectivity index (χ1n) is 5.89. The Morgan fingerprint density at radius 2 is 1.94 bits per heavy atom. The predicted molar refractivity (Wildman–Crippen MR) is 83.4 cm³/mol. The quantitative estimate of drug-likeness (QED) is 0.882. The molecule has 1 aromatic heterocycles. The Bertz CT molecular complexity index is 500. The van der Waals surface area contributed by atoms with Crippen LogP contribution in [0, 0.1) is 13.8 Å². The van der Waals surface area contributed by atoms with Gasteiger partial charge in [-0.1, -0.05) is 17.7 Å². The summed E-state index contributed by atoms with van der Waals surface area (Å²) in [6, 6.07) is 10.7. The van der Waals surface area contributed by atoms with Crippen molar-refractivity contribution in [2.75, 3.05) is 11.9 Å². The maximum absolute atomic E-state index is 5.87. The minimum Gasteiger partial charge on any atom is -0.376 e. The van der Waals surface area contributed by atoms with Crippen molar-refractivity contribution in [3.05, 3.63) is 50.1 Å². The molecule has 1 unspecified atom stereocenters. The van der Waals surface area contributed by atoms with Crippen LogP contribution in [0.1, 0.15) is 21.4 Å². The largest absolute Gasteiger partial charge is 0.376 e. The smallest absolute Gasteiger partial charge is 0.0729 e. The highest BCUT2D eigenvalue weighted by Crippen LogP contribution is 2.31. The topological polar surface area (TPSA) is 38.0 Å². The molecule has 18 heavy (non-hydrogen) atoms. The summed E-state index contributed by atoms with van der Waals surface area (Å²) in [5, 5.41) is 3.48. The van der Waals surface area contributed by atoms with Gasteiger partial charge in [0.15, 0.2) is 0 Å². The van der Waals surface area contributed by atoms with Crippen molar-refractivity contribution < 1.29 is 0 Å². The molecule has 0 bridgehead atoms. The Labute approximate surface area is 120 Å². The van der Waals surface area contributed by atoms with Crippen molar-refractivity contribution in [3.63, 3.8) is 0 Å². The number of hydrogen-bond acceptors (Lipinski definition) is 3. The second-order valence-corrected chi connectivity index (χ2v) is 6.49. The van der Waals surface area contributed by atoms with Crippen LogP contribution in [0.4, 0.5) is 5.69 Å². The summed E-state index contributed by atoms with van der Waals surface area (Å²) >= 11 is 5.33. The van der Waals surface area contributed by atoms with E-state index < -0.39 is 0 Å². The monoisotopic (exact) mass is 324 g/mol. The third-order valence-electron chi connectivity index (χ3n) is 2.85. The highest BCUT2D eigenvalue weighted by Gasteiger charge is 2.13. The van der Waals surface area contributed by atoms with Crippen LogP contribution in [0.3, 0.4) is 0 Å². The maximum Gasteiger partial charge on any atom is 0.0729 e. The lowest BCUT2D eigenvalue weighted by atomic mass is 10.2. The van der Waals surface area contributed by atoms with Gasteiger partial charge in [0.25, 0.3) is 0 Å². The van der Waals surface area contributed by atoms with E-state index in [2.05, 4.69) is 65.4 Å². The van der Waals surface area contributed by atoms with Crippen molar-refractivity contribution in [3.8, 4) is 0 Å². The Balaban J connectivity index is 2.16. The van der Waals surface area contributed by atoms with E-state index in [0.29, 0.717) is 6.54 Å². The molecule has 0 aliphatic rings. The second kappa shape index (κ2) is 5.87. The van der Waals surface area contributed by atoms with E-state index in [0.717, 1.165) is 10.2 Å². The number of nitrogens with two attached hydrogens (primary N) is 1. The molecule has 4 heteroatoms. The molecule has 0 saturated heterocycles. The fraction of sp³-hybridized carbons (Fsp3) is 0.286. The van der Waals surface area contributed by atoms with Gasteiger partial charge in [-0.25, -0.2) is 0 Å². The highest BCUT2D eigenvalue weighted by atomic mass is 79.9. The van der Waals surface area contributed by atoms with E-state index in [4.69, 9.17) is 5.73 Å². The number of benzene rings is 1. The lowest BCUT2D eigenvalue weighted by Gasteiger charge is -2.16. The predicted octanol–water partition coefficient (Wildman–Crippen LogP) is 4.24. The van der Waals surface area contributed by atoms with Crippen LogP contribution in [-0.4, -0.2) is 6.54 Å². The summed E-state index contributed by atoms with van der Waals surface area (Å²) < 4.78 is 1.16. The lowest BCUT2D eigenvalue weighted by molar-refractivity contribution is 0.805. The molecule has 3 N–H and O–H groups in total. The van der Waals surface area contributed by atoms with Gasteiger partial charge in [0.05, 0.1) is 6.04 Å². The molecule has 2 rings (SSSR count). The molecular formula is C14H17BrN2S. The second-order valence-electron chi connectivity index (χ2n) is 4.35. The Kier molecular flexibility index (Phi) is 4.43. The van der Waals surface area contributed by atoms with E-state index >= 15 is 0 Å². The molecule has 0 spiro atoms. The average Bonchev–Trinajstić information content (AvgIpc) is 2.69. The number of thiophene rings is 1. The molecule has 1 heterocycles. The molecule has 1 aromatic carbocycles. The molecule has 1 atom stereocenters. The summed E-state index contributed by atoms with van der Waals surface area (Å²) in [6.45, 7) is 4.78. The fourth-order valence-electron chi connectivity index (χ4n) is 1.75. The standard InChI is InChI=1S/C14H17BrN2S/c1-9-3-5-11(6-4-9)17-13(8-16)14-7-12(15)10(2)18-14/h3-7,13,17H,8,16H2,1-2H3. The molecule has 0 amide bonds. The van der Waals surface area contributed by atoms with E-state index in [-0.39, 0.29) is 6.04 Å². The number of rotatable bonds is 4. The number of nitrogens with one attached hydrogen (secondary N) is 1. The summed E-state index contributed by atoms with van der Waals surface area (Å²) in [5.41, 5.74) is 8.24. The number of halogens is 1. The van der Waals surface area contributed by atoms with Gasteiger partial charge in [0, 0.05) is 26.5 Å². The summed E-state index contributed by atoms with van der Waals surface area (Å²) in [6.07, 6.45) is 0. The maximum atomic E-state index is 5.87. The molecule has 96 valence electrons. The molecule has 0 saturated carbocycles. The molecule has 0 fully saturated rings. The first-order chi connectivity index (χ1) is 8.60. The summed E-state index contributed by atoms with van der Waals surface area (Å²) in [4.78, 5) is 2.55. The molecule has 2 aromatic rings. The van der Waals surface area contributed by atoms with Gasteiger partial charge >= 0.3 is 0 Å². The van der Waals surface area contributed by atoms with Crippen molar-refractivity contribution in [1.82, 2.24) is 0 Å². The average molecular weight is 325 g/mol. The molecule has 0 aliphatic heterocycles. The van der Waals surface area contributed by atoms with E-state index in [1.54, 1.807) is 11.3 Å². The van der Waals surface area contributed by atoms with Crippen LogP contribution in [0.2, 0.25) is 0 Å². The van der Waals surface area contributed by atoms with Crippen LogP contribution in [0.15, 0.2) is 34.8 Å². The van der Waals surface area contributed by atoms with Gasteiger partial charge in [0.1, 0.15) is 0 Å². The molecule has 0 aliphatic carbocycles. The van der Waals surface area contributed by atoms with Gasteiger partial charge in [0.2, 0.25) is 0 Å². The van der Waals surface area contributed by atoms with Gasteiger partial charge < -0.3 is 11.1 Å². The SMILES string of the molecule is Cc1ccc(NC(CN)c2cc(Br)c(C)s2)cc1. The molecular weight excluding hydrogens is 308 g/mol. The van der Waals surface area contributed by atoms with Crippen molar-refractivity contribution in [1.29, 1.82) is 0 Å². The normalized spacial score (nSPS) is 12.4. The third-order valence-corrected chi connectivity index (χ3v) is 5.10. The van der Waals surface area contributed by atoms with Gasteiger partial charge in [-0.15, -0.1) is 11.3 Å². The number of aryl methyl sites for hydroxylation is 2. The first kappa shape index (κ1) is 13.6. The van der Waals surface area contributed by atoms with Crippen molar-refractivity contribution in [2.24, 2.45) is 5.73 Å². The zero-order chi connectivity index (χ0) is 13.1. The number of anilines is 1. The van der Waals surface area contributed by atoms with Gasteiger partial charge in [-0.3, -0.25) is 0 Å². The van der Waals surface area contributed by atoms with Gasteiger partial charge in [-0.2, -0.15) is 0 Å². The summed E-state index contributed by atoms with van der Waals surface area (Å²) in [7, 11) is 0. The summed E-state index contributed by atoms with van der Waals surface area (Å²) in [5.74, 6) is 0. The van der Waals surface area contributed by atoms with E-state index in [9.17, 15) is 0 Å². The van der Waals surface area contributed by atoms with Crippen LogP contribution in [-0.2, 0) is 0 Å². The van der Waals surface area contributed by atoms with E-state index in [1.165, 1.54) is 15.3 Å². The zero-order valence-corrected chi connectivity index (χ0v) is 12.9. The van der Waals surface area contributed by atoms with Crippen LogP contribution in [0.5, 0.6) is 0 Å². The highest BCUT2D eigenvalue weighted by molar-refractivity contribution is 9.10. The Morgan fingerprint density at radius 3 is 2.44 bits per heavy atom. The van der Waals surface area contributed by atoms with Crippen molar-refractivity contribution >= 4 is 33.0 Å². The van der Waals surface area contributed by atoms with Crippen molar-refractivity contribution in [2.45, 2.75) is 19.9 Å². The Hall–Kier alpha value is -0.840. The molecule has 2 nitrogen and oxygen atoms in total. The van der Waals surface area contributed by atoms with Crippen LogP contribution >= 0.6 is 27.3 Å². The molecule has 0 radical (unpaired) electrons. The van der Waals surface area contributed by atoms with E-state index in [1.807, 2.05) is 0 Å². The fourth-order valence-corrected chi connectivity index (χ4v) is 3.38. The number of hydrogen-bond donors (Lipinski definition) is 2. The lowest BCUT2D eigenvalue weighted by Crippen LogP contribution is -2.19. The zero-order valence-electron chi connectivity index (χ0n) is 10.5. The minimum absolute atomic E-state index is 0.169. The van der Waals surface area contributed by atoms with Gasteiger partial charge in [-0.05, 0) is 48.0 Å².